The third-order valence-electron chi connectivity index (χ3n) is 1.15. The summed E-state index contributed by atoms with van der Waals surface area (Å²) in [6.07, 6.45) is 1.61. The summed E-state index contributed by atoms with van der Waals surface area (Å²) >= 11 is 0. The van der Waals surface area contributed by atoms with Crippen molar-refractivity contribution in [3.8, 4) is 0 Å². The highest BCUT2D eigenvalue weighted by atomic mass is 16.6. The molecule has 1 heterocycles. The Morgan fingerprint density at radius 1 is 1.50 bits per heavy atom. The highest BCUT2D eigenvalue weighted by molar-refractivity contribution is 6.51. The molecule has 0 aliphatic carbocycles. The van der Waals surface area contributed by atoms with E-state index >= 15 is 0 Å². The van der Waals surface area contributed by atoms with Crippen LogP contribution in [0.15, 0.2) is 12.2 Å². The Morgan fingerprint density at radius 2 is 2.20 bits per heavy atom. The molecule has 0 aromatic carbocycles. The number of hydrogen-bond acceptors (Lipinski definition) is 3. The Labute approximate surface area is 61.1 Å². The predicted octanol–water partition coefficient (Wildman–Crippen LogP) is 0.611. The summed E-state index contributed by atoms with van der Waals surface area (Å²) in [7, 11) is -0.188. The van der Waals surface area contributed by atoms with Gasteiger partial charge >= 0.3 is 7.12 Å². The van der Waals surface area contributed by atoms with Crippen molar-refractivity contribution >= 4 is 7.12 Å². The van der Waals surface area contributed by atoms with Gasteiger partial charge in [0.15, 0.2) is 0 Å². The lowest BCUT2D eigenvalue weighted by atomic mass is 9.92. The molecule has 1 aliphatic rings. The fourth-order valence-corrected chi connectivity index (χ4v) is 0.704. The first-order valence-corrected chi connectivity index (χ1v) is 3.45. The van der Waals surface area contributed by atoms with Gasteiger partial charge < -0.3 is 14.0 Å². The van der Waals surface area contributed by atoms with Gasteiger partial charge in [0.1, 0.15) is 0 Å². The van der Waals surface area contributed by atoms with Gasteiger partial charge in [-0.3, -0.25) is 0 Å². The third-order valence-corrected chi connectivity index (χ3v) is 1.15. The van der Waals surface area contributed by atoms with Gasteiger partial charge in [0.2, 0.25) is 0 Å². The second kappa shape index (κ2) is 4.36. The maximum Gasteiger partial charge on any atom is 0.489 e. The van der Waals surface area contributed by atoms with Crippen LogP contribution in [0, 0.1) is 0 Å². The number of ether oxygens (including phenoxy) is 1. The molecule has 0 spiro atoms. The number of hydrogen-bond donors (Lipinski definition) is 0. The van der Waals surface area contributed by atoms with Crippen LogP contribution in [0.1, 0.15) is 6.92 Å². The average Bonchev–Trinajstić information content (AvgIpc) is 2.41. The van der Waals surface area contributed by atoms with Gasteiger partial charge in [-0.2, -0.15) is 0 Å². The van der Waals surface area contributed by atoms with Gasteiger partial charge in [0.05, 0.1) is 26.1 Å². The van der Waals surface area contributed by atoms with E-state index in [1.165, 1.54) is 0 Å². The molecule has 0 atom stereocenters. The molecule has 0 radical (unpaired) electrons. The smallest absolute Gasteiger partial charge is 0.489 e. The molecule has 0 amide bonds. The molecular formula is C6H11BO3. The van der Waals surface area contributed by atoms with E-state index in [4.69, 9.17) is 14.0 Å². The minimum absolute atomic E-state index is 0.188. The van der Waals surface area contributed by atoms with Gasteiger partial charge in [-0.05, 0) is 12.9 Å². The molecule has 1 rings (SSSR count). The van der Waals surface area contributed by atoms with E-state index in [1.54, 1.807) is 12.2 Å². The van der Waals surface area contributed by atoms with Gasteiger partial charge in [0.25, 0.3) is 0 Å². The Balaban J connectivity index is 2.10. The van der Waals surface area contributed by atoms with Crippen LogP contribution in [0.2, 0.25) is 0 Å². The quantitative estimate of drug-likeness (QED) is 0.426. The van der Waals surface area contributed by atoms with E-state index in [9.17, 15) is 0 Å². The summed E-state index contributed by atoms with van der Waals surface area (Å²) < 4.78 is 15.2. The van der Waals surface area contributed by atoms with Gasteiger partial charge in [-0.1, -0.05) is 0 Å². The molecule has 1 aliphatic heterocycles. The van der Waals surface area contributed by atoms with Gasteiger partial charge in [-0.25, -0.2) is 0 Å². The molecule has 3 nitrogen and oxygen atoms in total. The molecule has 0 saturated carbocycles. The SMILES string of the molecule is CCO/C=C/B1OCCO1. The van der Waals surface area contributed by atoms with Crippen LogP contribution in [-0.4, -0.2) is 26.9 Å². The van der Waals surface area contributed by atoms with Crippen molar-refractivity contribution < 1.29 is 14.0 Å². The lowest BCUT2D eigenvalue weighted by Crippen LogP contribution is -2.09. The molecular weight excluding hydrogens is 131 g/mol. The molecule has 4 heteroatoms. The van der Waals surface area contributed by atoms with E-state index in [0.717, 1.165) is 0 Å². The van der Waals surface area contributed by atoms with Gasteiger partial charge in [-0.15, -0.1) is 0 Å². The zero-order chi connectivity index (χ0) is 7.23. The van der Waals surface area contributed by atoms with E-state index in [-0.39, 0.29) is 7.12 Å². The van der Waals surface area contributed by atoms with Crippen molar-refractivity contribution in [1.82, 2.24) is 0 Å². The standard InChI is InChI=1S/C6H11BO3/c1-2-8-4-3-7-9-5-6-10-7/h3-4H,2,5-6H2,1H3/b4-3+. The van der Waals surface area contributed by atoms with E-state index in [0.29, 0.717) is 19.8 Å². The van der Waals surface area contributed by atoms with Crippen LogP contribution in [-0.2, 0) is 14.0 Å². The zero-order valence-corrected chi connectivity index (χ0v) is 6.08. The van der Waals surface area contributed by atoms with Gasteiger partial charge in [0, 0.05) is 0 Å². The highest BCUT2D eigenvalue weighted by Crippen LogP contribution is 1.99. The fraction of sp³-hybridized carbons (Fsp3) is 0.667. The van der Waals surface area contributed by atoms with E-state index < -0.39 is 0 Å². The molecule has 0 unspecified atom stereocenters. The molecule has 0 aromatic heterocycles. The molecule has 56 valence electrons. The molecule has 1 fully saturated rings. The Hall–Kier alpha value is -0.475. The van der Waals surface area contributed by atoms with Crippen LogP contribution in [0.5, 0.6) is 0 Å². The summed E-state index contributed by atoms with van der Waals surface area (Å²) in [5.74, 6) is 1.76. The molecule has 1 saturated heterocycles. The Morgan fingerprint density at radius 3 is 2.80 bits per heavy atom. The summed E-state index contributed by atoms with van der Waals surface area (Å²) in [5.41, 5.74) is 0. The summed E-state index contributed by atoms with van der Waals surface area (Å²) in [6.45, 7) is 3.98. The maximum absolute atomic E-state index is 5.11. The predicted molar refractivity (Wildman–Crippen MR) is 38.4 cm³/mol. The summed E-state index contributed by atoms with van der Waals surface area (Å²) in [6, 6.07) is 0. The summed E-state index contributed by atoms with van der Waals surface area (Å²) in [5, 5.41) is 0. The Kier molecular flexibility index (Phi) is 3.32. The highest BCUT2D eigenvalue weighted by Gasteiger charge is 2.19. The second-order valence-electron chi connectivity index (χ2n) is 1.89. The van der Waals surface area contributed by atoms with E-state index in [1.807, 2.05) is 6.92 Å². The first-order chi connectivity index (χ1) is 4.93. The minimum atomic E-state index is -0.188. The lowest BCUT2D eigenvalue weighted by molar-refractivity contribution is 0.268. The van der Waals surface area contributed by atoms with Crippen LogP contribution in [0.3, 0.4) is 0 Å². The van der Waals surface area contributed by atoms with Crippen LogP contribution in [0.25, 0.3) is 0 Å². The molecule has 0 aromatic rings. The fourth-order valence-electron chi connectivity index (χ4n) is 0.704. The van der Waals surface area contributed by atoms with Crippen molar-refractivity contribution in [2.24, 2.45) is 0 Å². The maximum atomic E-state index is 5.11. The third kappa shape index (κ3) is 2.41. The Bertz CT molecular complexity index is 110. The van der Waals surface area contributed by atoms with Crippen molar-refractivity contribution in [1.29, 1.82) is 0 Å². The van der Waals surface area contributed by atoms with Crippen molar-refractivity contribution in [2.75, 3.05) is 19.8 Å². The summed E-state index contributed by atoms with van der Waals surface area (Å²) in [4.78, 5) is 0. The van der Waals surface area contributed by atoms with Crippen LogP contribution < -0.4 is 0 Å². The minimum Gasteiger partial charge on any atom is -0.502 e. The average molecular weight is 142 g/mol. The lowest BCUT2D eigenvalue weighted by Gasteiger charge is -1.95. The number of rotatable bonds is 3. The van der Waals surface area contributed by atoms with Crippen molar-refractivity contribution in [3.05, 3.63) is 12.2 Å². The van der Waals surface area contributed by atoms with Crippen molar-refractivity contribution in [2.45, 2.75) is 6.92 Å². The molecule has 10 heavy (non-hydrogen) atoms. The molecule has 0 N–H and O–H groups in total. The first-order valence-electron chi connectivity index (χ1n) is 3.45. The van der Waals surface area contributed by atoms with Crippen LogP contribution in [0.4, 0.5) is 0 Å². The second-order valence-corrected chi connectivity index (χ2v) is 1.89. The van der Waals surface area contributed by atoms with E-state index in [2.05, 4.69) is 0 Å². The van der Waals surface area contributed by atoms with Crippen LogP contribution >= 0.6 is 0 Å². The van der Waals surface area contributed by atoms with Crippen molar-refractivity contribution in [3.63, 3.8) is 0 Å². The first kappa shape index (κ1) is 7.63. The largest absolute Gasteiger partial charge is 0.502 e. The zero-order valence-electron chi connectivity index (χ0n) is 6.08. The molecule has 0 bridgehead atoms. The normalized spacial score (nSPS) is 18.7. The monoisotopic (exact) mass is 142 g/mol. The topological polar surface area (TPSA) is 27.7 Å².